The smallest absolute Gasteiger partial charge is 0.178 e. The first-order valence-electron chi connectivity index (χ1n) is 3.13. The number of aliphatic hydroxyl groups excluding tert-OH is 1. The zero-order valence-electron chi connectivity index (χ0n) is 5.97. The quantitative estimate of drug-likeness (QED) is 0.669. The van der Waals surface area contributed by atoms with Crippen molar-refractivity contribution < 1.29 is 9.52 Å². The molecule has 0 aromatic carbocycles. The summed E-state index contributed by atoms with van der Waals surface area (Å²) in [5.74, 6) is 5.79. The lowest BCUT2D eigenvalue weighted by molar-refractivity contribution is 0.253. The van der Waals surface area contributed by atoms with Gasteiger partial charge in [-0.05, 0) is 40.9 Å². The molecule has 1 unspecified atom stereocenters. The maximum Gasteiger partial charge on any atom is 0.178 e. The number of rotatable bonds is 0. The van der Waals surface area contributed by atoms with Gasteiger partial charge >= 0.3 is 0 Å². The molecule has 1 heterocycles. The second kappa shape index (κ2) is 3.61. The highest BCUT2D eigenvalue weighted by Gasteiger charge is 1.93. The molecular weight excluding hydrogens is 208 g/mol. The van der Waals surface area contributed by atoms with E-state index in [1.54, 1.807) is 19.1 Å². The summed E-state index contributed by atoms with van der Waals surface area (Å²) in [6.45, 7) is 1.60. The van der Waals surface area contributed by atoms with Crippen LogP contribution in [0.25, 0.3) is 0 Å². The minimum Gasteiger partial charge on any atom is -0.441 e. The van der Waals surface area contributed by atoms with Gasteiger partial charge in [-0.2, -0.15) is 0 Å². The van der Waals surface area contributed by atoms with Crippen LogP contribution in [-0.2, 0) is 0 Å². The minimum atomic E-state index is -0.612. The molecule has 0 radical (unpaired) electrons. The van der Waals surface area contributed by atoms with Crippen LogP contribution in [-0.4, -0.2) is 11.2 Å². The summed E-state index contributed by atoms with van der Waals surface area (Å²) >= 11 is 3.14. The third-order valence-electron chi connectivity index (χ3n) is 0.977. The van der Waals surface area contributed by atoms with Crippen molar-refractivity contribution in [3.8, 4) is 11.8 Å². The van der Waals surface area contributed by atoms with E-state index in [0.29, 0.717) is 10.4 Å². The van der Waals surface area contributed by atoms with Crippen LogP contribution < -0.4 is 0 Å². The largest absolute Gasteiger partial charge is 0.441 e. The summed E-state index contributed by atoms with van der Waals surface area (Å²) in [6.07, 6.45) is -0.612. The standard InChI is InChI=1S/C8H7BrO2/c1-6(10)2-3-7-4-5-8(9)11-7/h4-6,10H,1H3. The van der Waals surface area contributed by atoms with E-state index in [9.17, 15) is 0 Å². The van der Waals surface area contributed by atoms with Crippen molar-refractivity contribution in [2.45, 2.75) is 13.0 Å². The Labute approximate surface area is 73.3 Å². The van der Waals surface area contributed by atoms with Crippen LogP contribution in [0.15, 0.2) is 21.2 Å². The molecule has 0 bridgehead atoms. The van der Waals surface area contributed by atoms with Gasteiger partial charge in [0.05, 0.1) is 0 Å². The van der Waals surface area contributed by atoms with Crippen molar-refractivity contribution >= 4 is 15.9 Å². The lowest BCUT2D eigenvalue weighted by Crippen LogP contribution is -1.92. The fraction of sp³-hybridized carbons (Fsp3) is 0.250. The average Bonchev–Trinajstić information content (AvgIpc) is 2.31. The molecule has 1 rings (SSSR count). The molecule has 0 saturated heterocycles. The van der Waals surface area contributed by atoms with E-state index in [2.05, 4.69) is 27.8 Å². The molecule has 11 heavy (non-hydrogen) atoms. The Hall–Kier alpha value is -0.720. The first-order chi connectivity index (χ1) is 5.18. The fourth-order valence-corrected chi connectivity index (χ4v) is 0.864. The fourth-order valence-electron chi connectivity index (χ4n) is 0.557. The summed E-state index contributed by atoms with van der Waals surface area (Å²) in [6, 6.07) is 3.49. The number of aliphatic hydroxyl groups is 1. The maximum absolute atomic E-state index is 8.79. The highest BCUT2D eigenvalue weighted by atomic mass is 79.9. The van der Waals surface area contributed by atoms with Crippen LogP contribution in [0.4, 0.5) is 0 Å². The zero-order chi connectivity index (χ0) is 8.27. The second-order valence-electron chi connectivity index (χ2n) is 2.05. The normalized spacial score (nSPS) is 11.9. The Bertz CT molecular complexity index is 291. The van der Waals surface area contributed by atoms with Crippen molar-refractivity contribution in [2.75, 3.05) is 0 Å². The van der Waals surface area contributed by atoms with Crippen molar-refractivity contribution in [3.63, 3.8) is 0 Å². The summed E-state index contributed by atoms with van der Waals surface area (Å²) in [4.78, 5) is 0. The predicted octanol–water partition coefficient (Wildman–Crippen LogP) is 1.77. The monoisotopic (exact) mass is 214 g/mol. The molecule has 0 aliphatic rings. The van der Waals surface area contributed by atoms with E-state index in [4.69, 9.17) is 9.52 Å². The van der Waals surface area contributed by atoms with Crippen molar-refractivity contribution in [1.82, 2.24) is 0 Å². The van der Waals surface area contributed by atoms with Gasteiger partial charge in [-0.15, -0.1) is 0 Å². The van der Waals surface area contributed by atoms with Gasteiger partial charge in [0, 0.05) is 0 Å². The molecule has 1 atom stereocenters. The average molecular weight is 215 g/mol. The summed E-state index contributed by atoms with van der Waals surface area (Å²) in [7, 11) is 0. The van der Waals surface area contributed by atoms with Crippen LogP contribution in [0, 0.1) is 11.8 Å². The third kappa shape index (κ3) is 2.79. The molecule has 0 aliphatic carbocycles. The Kier molecular flexibility index (Phi) is 2.75. The second-order valence-corrected chi connectivity index (χ2v) is 2.83. The molecule has 1 aromatic heterocycles. The maximum atomic E-state index is 8.79. The van der Waals surface area contributed by atoms with Gasteiger partial charge in [-0.1, -0.05) is 5.92 Å². The number of furan rings is 1. The van der Waals surface area contributed by atoms with E-state index in [0.717, 1.165) is 0 Å². The zero-order valence-corrected chi connectivity index (χ0v) is 7.55. The van der Waals surface area contributed by atoms with E-state index < -0.39 is 6.10 Å². The van der Waals surface area contributed by atoms with Gasteiger partial charge in [0.25, 0.3) is 0 Å². The van der Waals surface area contributed by atoms with E-state index >= 15 is 0 Å². The lowest BCUT2D eigenvalue weighted by atomic mass is 10.4. The van der Waals surface area contributed by atoms with Crippen LogP contribution in [0.1, 0.15) is 12.7 Å². The number of hydrogen-bond donors (Lipinski definition) is 1. The number of hydrogen-bond acceptors (Lipinski definition) is 2. The van der Waals surface area contributed by atoms with Gasteiger partial charge in [0.1, 0.15) is 6.10 Å². The Balaban J connectivity index is 2.74. The van der Waals surface area contributed by atoms with Crippen LogP contribution >= 0.6 is 15.9 Å². The minimum absolute atomic E-state index is 0.553. The van der Waals surface area contributed by atoms with E-state index in [1.165, 1.54) is 0 Å². The summed E-state index contributed by atoms with van der Waals surface area (Å²) < 4.78 is 5.71. The molecular formula is C8H7BrO2. The van der Waals surface area contributed by atoms with E-state index in [-0.39, 0.29) is 0 Å². The first-order valence-corrected chi connectivity index (χ1v) is 3.93. The van der Waals surface area contributed by atoms with Gasteiger partial charge in [0.2, 0.25) is 0 Å². The highest BCUT2D eigenvalue weighted by Crippen LogP contribution is 2.12. The molecule has 0 amide bonds. The summed E-state index contributed by atoms with van der Waals surface area (Å²) in [5.41, 5.74) is 0. The molecule has 2 nitrogen and oxygen atoms in total. The Morgan fingerprint density at radius 3 is 2.82 bits per heavy atom. The van der Waals surface area contributed by atoms with E-state index in [1.807, 2.05) is 0 Å². The topological polar surface area (TPSA) is 33.4 Å². The van der Waals surface area contributed by atoms with Gasteiger partial charge in [-0.3, -0.25) is 0 Å². The molecule has 0 aliphatic heterocycles. The van der Waals surface area contributed by atoms with Gasteiger partial charge in [-0.25, -0.2) is 0 Å². The molecule has 3 heteroatoms. The molecule has 1 N–H and O–H groups in total. The SMILES string of the molecule is CC(O)C#Cc1ccc(Br)o1. The molecule has 1 aromatic rings. The lowest BCUT2D eigenvalue weighted by Gasteiger charge is -1.85. The third-order valence-corrected chi connectivity index (χ3v) is 1.40. The van der Waals surface area contributed by atoms with Crippen molar-refractivity contribution in [1.29, 1.82) is 0 Å². The van der Waals surface area contributed by atoms with Crippen LogP contribution in [0.5, 0.6) is 0 Å². The predicted molar refractivity (Wildman–Crippen MR) is 45.0 cm³/mol. The molecule has 0 saturated carbocycles. The van der Waals surface area contributed by atoms with Crippen molar-refractivity contribution in [2.24, 2.45) is 0 Å². The van der Waals surface area contributed by atoms with Gasteiger partial charge in [0.15, 0.2) is 10.4 Å². The van der Waals surface area contributed by atoms with Gasteiger partial charge < -0.3 is 9.52 Å². The van der Waals surface area contributed by atoms with Crippen molar-refractivity contribution in [3.05, 3.63) is 22.6 Å². The first kappa shape index (κ1) is 8.38. The molecule has 0 fully saturated rings. The van der Waals surface area contributed by atoms with Crippen LogP contribution in [0.2, 0.25) is 0 Å². The molecule has 0 spiro atoms. The number of halogens is 1. The molecule has 58 valence electrons. The Morgan fingerprint density at radius 1 is 1.64 bits per heavy atom. The highest BCUT2D eigenvalue weighted by molar-refractivity contribution is 9.10. The summed E-state index contributed by atoms with van der Waals surface area (Å²) in [5, 5.41) is 8.79. The Morgan fingerprint density at radius 2 is 2.36 bits per heavy atom. The van der Waals surface area contributed by atoms with Crippen LogP contribution in [0.3, 0.4) is 0 Å².